The van der Waals surface area contributed by atoms with Crippen LogP contribution >= 0.6 is 11.8 Å². The smallest absolute Gasteiger partial charge is 0.271 e. The lowest BCUT2D eigenvalue weighted by Crippen LogP contribution is -2.41. The first-order valence-electron chi connectivity index (χ1n) is 9.01. The molecule has 8 nitrogen and oxygen atoms in total. The van der Waals surface area contributed by atoms with E-state index in [1.165, 1.54) is 34.3 Å². The fourth-order valence-corrected chi connectivity index (χ4v) is 5.86. The van der Waals surface area contributed by atoms with Gasteiger partial charge in [-0.1, -0.05) is 18.2 Å². The number of hydrogen-bond acceptors (Lipinski definition) is 6. The molecule has 1 aliphatic rings. The van der Waals surface area contributed by atoms with E-state index in [-0.39, 0.29) is 35.5 Å². The Labute approximate surface area is 173 Å². The highest BCUT2D eigenvalue weighted by atomic mass is 32.2. The predicted molar refractivity (Wildman–Crippen MR) is 111 cm³/mol. The van der Waals surface area contributed by atoms with Crippen LogP contribution in [0.25, 0.3) is 0 Å². The second kappa shape index (κ2) is 8.93. The summed E-state index contributed by atoms with van der Waals surface area (Å²) in [6.07, 6.45) is 2.61. The largest absolute Gasteiger partial charge is 0.326 e. The van der Waals surface area contributed by atoms with Gasteiger partial charge in [-0.2, -0.15) is 4.31 Å². The SMILES string of the molecule is CSc1ccccc1S(=O)(=O)N1CCC(C(=O)Nc2cccc([N+](=O)[O-])c2)CC1. The van der Waals surface area contributed by atoms with E-state index < -0.39 is 14.9 Å². The van der Waals surface area contributed by atoms with Gasteiger partial charge in [0.2, 0.25) is 15.9 Å². The minimum atomic E-state index is -3.62. The van der Waals surface area contributed by atoms with Crippen LogP contribution in [0.1, 0.15) is 12.8 Å². The average Bonchev–Trinajstić information content (AvgIpc) is 2.74. The van der Waals surface area contributed by atoms with Gasteiger partial charge in [-0.05, 0) is 37.3 Å². The van der Waals surface area contributed by atoms with Crippen molar-refractivity contribution in [3.8, 4) is 0 Å². The summed E-state index contributed by atoms with van der Waals surface area (Å²) in [5, 5.41) is 13.6. The number of non-ortho nitro benzene ring substituents is 1. The molecule has 0 atom stereocenters. The number of thioether (sulfide) groups is 1. The van der Waals surface area contributed by atoms with Crippen molar-refractivity contribution >= 4 is 39.1 Å². The number of amides is 1. The van der Waals surface area contributed by atoms with Crippen LogP contribution in [0.3, 0.4) is 0 Å². The maximum absolute atomic E-state index is 13.0. The molecule has 0 spiro atoms. The Balaban J connectivity index is 1.65. The highest BCUT2D eigenvalue weighted by Gasteiger charge is 2.33. The number of nitrogens with zero attached hydrogens (tertiary/aromatic N) is 2. The summed E-state index contributed by atoms with van der Waals surface area (Å²) >= 11 is 1.38. The van der Waals surface area contributed by atoms with E-state index in [0.717, 1.165) is 0 Å². The van der Waals surface area contributed by atoms with Crippen LogP contribution in [0.5, 0.6) is 0 Å². The van der Waals surface area contributed by atoms with E-state index in [1.807, 2.05) is 6.26 Å². The topological polar surface area (TPSA) is 110 Å². The number of piperidine rings is 1. The molecule has 2 aromatic rings. The summed E-state index contributed by atoms with van der Waals surface area (Å²) < 4.78 is 27.4. The number of anilines is 1. The summed E-state index contributed by atoms with van der Waals surface area (Å²) in [5.74, 6) is -0.608. The summed E-state index contributed by atoms with van der Waals surface area (Å²) in [6.45, 7) is 0.496. The van der Waals surface area contributed by atoms with Gasteiger partial charge in [0.1, 0.15) is 0 Å². The Morgan fingerprint density at radius 2 is 1.86 bits per heavy atom. The lowest BCUT2D eigenvalue weighted by Gasteiger charge is -2.31. The quantitative estimate of drug-likeness (QED) is 0.423. The van der Waals surface area contributed by atoms with Crippen molar-refractivity contribution < 1.29 is 18.1 Å². The third-order valence-corrected chi connectivity index (χ3v) is 7.72. The molecular formula is C19H21N3O5S2. The number of hydrogen-bond donors (Lipinski definition) is 1. The molecule has 10 heteroatoms. The zero-order valence-corrected chi connectivity index (χ0v) is 17.4. The molecule has 1 fully saturated rings. The standard InChI is InChI=1S/C19H21N3O5S2/c1-28-17-7-2-3-8-18(17)29(26,27)21-11-9-14(10-12-21)19(23)20-15-5-4-6-16(13-15)22(24)25/h2-8,13-14H,9-12H2,1H3,(H,20,23). The van der Waals surface area contributed by atoms with E-state index in [4.69, 9.17) is 0 Å². The molecule has 1 heterocycles. The Bertz CT molecular complexity index is 1020. The van der Waals surface area contributed by atoms with E-state index >= 15 is 0 Å². The number of nitro groups is 1. The Morgan fingerprint density at radius 1 is 1.17 bits per heavy atom. The molecule has 0 saturated carbocycles. The summed E-state index contributed by atoms with van der Waals surface area (Å²) in [4.78, 5) is 23.8. The zero-order chi connectivity index (χ0) is 21.0. The zero-order valence-electron chi connectivity index (χ0n) is 15.8. The maximum atomic E-state index is 13.0. The lowest BCUT2D eigenvalue weighted by atomic mass is 9.97. The van der Waals surface area contributed by atoms with Gasteiger partial charge in [0.15, 0.2) is 0 Å². The molecule has 1 saturated heterocycles. The van der Waals surface area contributed by atoms with Crippen LogP contribution in [0.4, 0.5) is 11.4 Å². The average molecular weight is 436 g/mol. The first-order valence-corrected chi connectivity index (χ1v) is 11.7. The van der Waals surface area contributed by atoms with Gasteiger partial charge in [-0.25, -0.2) is 8.42 Å². The van der Waals surface area contributed by atoms with Crippen molar-refractivity contribution in [2.24, 2.45) is 5.92 Å². The molecule has 0 radical (unpaired) electrons. The van der Waals surface area contributed by atoms with Crippen LogP contribution in [0.15, 0.2) is 58.3 Å². The van der Waals surface area contributed by atoms with Gasteiger partial charge in [0.25, 0.3) is 5.69 Å². The molecule has 154 valence electrons. The Morgan fingerprint density at radius 3 is 2.52 bits per heavy atom. The van der Waals surface area contributed by atoms with Gasteiger partial charge in [0.05, 0.1) is 9.82 Å². The minimum Gasteiger partial charge on any atom is -0.326 e. The first-order chi connectivity index (χ1) is 13.8. The van der Waals surface area contributed by atoms with Crippen molar-refractivity contribution in [3.63, 3.8) is 0 Å². The molecule has 2 aromatic carbocycles. The fraction of sp³-hybridized carbons (Fsp3) is 0.316. The molecular weight excluding hydrogens is 414 g/mol. The molecule has 1 amide bonds. The number of carbonyl (C=O) groups is 1. The number of rotatable bonds is 6. The number of nitrogens with one attached hydrogen (secondary N) is 1. The van der Waals surface area contributed by atoms with Gasteiger partial charge < -0.3 is 5.32 Å². The van der Waals surface area contributed by atoms with E-state index in [9.17, 15) is 23.3 Å². The number of carbonyl (C=O) groups excluding carboxylic acids is 1. The molecule has 3 rings (SSSR count). The molecule has 1 aliphatic heterocycles. The molecule has 0 bridgehead atoms. The minimum absolute atomic E-state index is 0.101. The second-order valence-electron chi connectivity index (χ2n) is 6.63. The lowest BCUT2D eigenvalue weighted by molar-refractivity contribution is -0.384. The van der Waals surface area contributed by atoms with Gasteiger partial charge >= 0.3 is 0 Å². The second-order valence-corrected chi connectivity index (χ2v) is 9.38. The van der Waals surface area contributed by atoms with Crippen molar-refractivity contribution in [3.05, 3.63) is 58.6 Å². The Kier molecular flexibility index (Phi) is 6.56. The van der Waals surface area contributed by atoms with Crippen molar-refractivity contribution in [2.45, 2.75) is 22.6 Å². The molecule has 0 unspecified atom stereocenters. The number of nitro benzene ring substituents is 1. The van der Waals surface area contributed by atoms with Crippen LogP contribution in [-0.2, 0) is 14.8 Å². The predicted octanol–water partition coefficient (Wildman–Crippen LogP) is 3.36. The highest BCUT2D eigenvalue weighted by Crippen LogP contribution is 2.30. The normalized spacial score (nSPS) is 15.8. The van der Waals surface area contributed by atoms with Crippen molar-refractivity contribution in [1.82, 2.24) is 4.31 Å². The van der Waals surface area contributed by atoms with E-state index in [1.54, 1.807) is 30.3 Å². The van der Waals surface area contributed by atoms with E-state index in [2.05, 4.69) is 5.32 Å². The van der Waals surface area contributed by atoms with Crippen LogP contribution in [0, 0.1) is 16.0 Å². The number of benzene rings is 2. The molecule has 29 heavy (non-hydrogen) atoms. The van der Waals surface area contributed by atoms with Crippen LogP contribution < -0.4 is 5.32 Å². The van der Waals surface area contributed by atoms with Gasteiger partial charge in [0, 0.05) is 41.7 Å². The third kappa shape index (κ3) is 4.77. The van der Waals surface area contributed by atoms with Crippen LogP contribution in [-0.4, -0.2) is 42.9 Å². The summed E-state index contributed by atoms with van der Waals surface area (Å²) in [6, 6.07) is 12.6. The fourth-order valence-electron chi connectivity index (χ4n) is 3.27. The third-order valence-electron chi connectivity index (χ3n) is 4.84. The molecule has 0 aliphatic carbocycles. The van der Waals surface area contributed by atoms with Crippen molar-refractivity contribution in [1.29, 1.82) is 0 Å². The monoisotopic (exact) mass is 435 g/mol. The first kappa shape index (κ1) is 21.3. The number of sulfonamides is 1. The van der Waals surface area contributed by atoms with Gasteiger partial charge in [-0.15, -0.1) is 11.8 Å². The van der Waals surface area contributed by atoms with Crippen LogP contribution in [0.2, 0.25) is 0 Å². The summed E-state index contributed by atoms with van der Waals surface area (Å²) in [7, 11) is -3.62. The Hall–Kier alpha value is -2.43. The summed E-state index contributed by atoms with van der Waals surface area (Å²) in [5.41, 5.74) is 0.254. The van der Waals surface area contributed by atoms with Crippen molar-refractivity contribution in [2.75, 3.05) is 24.7 Å². The maximum Gasteiger partial charge on any atom is 0.271 e. The van der Waals surface area contributed by atoms with Gasteiger partial charge in [-0.3, -0.25) is 14.9 Å². The molecule has 0 aromatic heterocycles. The molecule has 1 N–H and O–H groups in total. The van der Waals surface area contributed by atoms with E-state index in [0.29, 0.717) is 23.4 Å². The highest BCUT2D eigenvalue weighted by molar-refractivity contribution is 7.99.